The molecule has 2 aromatic rings. The Hall–Kier alpha value is -1.86. The van der Waals surface area contributed by atoms with Gasteiger partial charge in [-0.2, -0.15) is 5.10 Å². The first-order chi connectivity index (χ1) is 9.70. The summed E-state index contributed by atoms with van der Waals surface area (Å²) >= 11 is 0. The third-order valence-corrected chi connectivity index (χ3v) is 5.02. The second-order valence-electron chi connectivity index (χ2n) is 5.22. The lowest BCUT2D eigenvalue weighted by atomic mass is 10.1. The monoisotopic (exact) mass is 308 g/mol. The van der Waals surface area contributed by atoms with Crippen LogP contribution in [0.25, 0.3) is 0 Å². The summed E-state index contributed by atoms with van der Waals surface area (Å²) in [7, 11) is -1.78. The van der Waals surface area contributed by atoms with Crippen molar-refractivity contribution >= 4 is 15.7 Å². The molecule has 114 valence electrons. The molecule has 0 radical (unpaired) electrons. The van der Waals surface area contributed by atoms with Gasteiger partial charge in [-0.15, -0.1) is 0 Å². The fraction of sp³-hybridized carbons (Fsp3) is 0.357. The highest BCUT2D eigenvalue weighted by molar-refractivity contribution is 7.89. The number of nitrogens with two attached hydrogens (primary N) is 1. The van der Waals surface area contributed by atoms with Crippen LogP contribution in [-0.4, -0.2) is 18.2 Å². The number of nitrogens with zero attached hydrogens (tertiary/aromatic N) is 2. The van der Waals surface area contributed by atoms with Gasteiger partial charge >= 0.3 is 0 Å². The second-order valence-corrected chi connectivity index (χ2v) is 6.93. The summed E-state index contributed by atoms with van der Waals surface area (Å²) in [6.45, 7) is 5.55. The second kappa shape index (κ2) is 5.50. The van der Waals surface area contributed by atoms with E-state index in [-0.39, 0.29) is 6.54 Å². The number of aryl methyl sites for hydroxylation is 4. The summed E-state index contributed by atoms with van der Waals surface area (Å²) in [6.07, 6.45) is 1.81. The van der Waals surface area contributed by atoms with Crippen LogP contribution in [0.4, 0.5) is 5.69 Å². The molecule has 0 aliphatic rings. The summed E-state index contributed by atoms with van der Waals surface area (Å²) in [4.78, 5) is 0.290. The zero-order valence-corrected chi connectivity index (χ0v) is 13.5. The first-order valence-electron chi connectivity index (χ1n) is 6.56. The van der Waals surface area contributed by atoms with E-state index >= 15 is 0 Å². The zero-order valence-electron chi connectivity index (χ0n) is 12.6. The molecule has 3 N–H and O–H groups in total. The predicted octanol–water partition coefficient (Wildman–Crippen LogP) is 1.41. The van der Waals surface area contributed by atoms with E-state index in [9.17, 15) is 8.42 Å². The van der Waals surface area contributed by atoms with E-state index in [0.717, 1.165) is 11.3 Å². The van der Waals surface area contributed by atoms with Crippen LogP contribution in [0.2, 0.25) is 0 Å². The molecule has 0 fully saturated rings. The van der Waals surface area contributed by atoms with Crippen LogP contribution in [0.5, 0.6) is 0 Å². The molecule has 0 aliphatic carbocycles. The lowest BCUT2D eigenvalue weighted by Gasteiger charge is -2.12. The summed E-state index contributed by atoms with van der Waals surface area (Å²) < 4.78 is 29.3. The van der Waals surface area contributed by atoms with Gasteiger partial charge in [0.1, 0.15) is 0 Å². The highest BCUT2D eigenvalue weighted by atomic mass is 32.2. The van der Waals surface area contributed by atoms with Crippen molar-refractivity contribution in [2.75, 3.05) is 5.73 Å². The number of sulfonamides is 1. The molecule has 1 aromatic carbocycles. The molecule has 21 heavy (non-hydrogen) atoms. The van der Waals surface area contributed by atoms with E-state index in [1.165, 1.54) is 0 Å². The highest BCUT2D eigenvalue weighted by Crippen LogP contribution is 2.23. The molecule has 0 saturated heterocycles. The maximum Gasteiger partial charge on any atom is 0.241 e. The van der Waals surface area contributed by atoms with Crippen molar-refractivity contribution in [2.45, 2.75) is 32.2 Å². The fourth-order valence-electron chi connectivity index (χ4n) is 2.47. The Morgan fingerprint density at radius 3 is 2.29 bits per heavy atom. The van der Waals surface area contributed by atoms with Gasteiger partial charge in [-0.1, -0.05) is 0 Å². The van der Waals surface area contributed by atoms with Crippen molar-refractivity contribution < 1.29 is 8.42 Å². The Kier molecular flexibility index (Phi) is 4.06. The Morgan fingerprint density at radius 1 is 1.24 bits per heavy atom. The van der Waals surface area contributed by atoms with E-state index in [2.05, 4.69) is 9.82 Å². The van der Waals surface area contributed by atoms with Gasteiger partial charge in [0.15, 0.2) is 0 Å². The largest absolute Gasteiger partial charge is 0.399 e. The minimum atomic E-state index is -3.59. The fourth-order valence-corrected chi connectivity index (χ4v) is 3.93. The molecule has 6 nitrogen and oxygen atoms in total. The standard InChI is InChI=1S/C14H20N4O2S/c1-9-5-13(15)6-10(2)14(9)21(19,20)16-7-12-8-18(4)17-11(12)3/h5-6,8,16H,7,15H2,1-4H3. The van der Waals surface area contributed by atoms with Gasteiger partial charge in [-0.3, -0.25) is 4.68 Å². The normalized spacial score (nSPS) is 11.8. The van der Waals surface area contributed by atoms with Crippen LogP contribution in [0, 0.1) is 20.8 Å². The van der Waals surface area contributed by atoms with Gasteiger partial charge in [-0.25, -0.2) is 13.1 Å². The maximum atomic E-state index is 12.5. The van der Waals surface area contributed by atoms with Crippen LogP contribution in [-0.2, 0) is 23.6 Å². The molecule has 0 amide bonds. The zero-order chi connectivity index (χ0) is 15.8. The minimum Gasteiger partial charge on any atom is -0.399 e. The molecule has 0 bridgehead atoms. The number of hydrogen-bond donors (Lipinski definition) is 2. The number of rotatable bonds is 4. The Labute approximate surface area is 125 Å². The number of benzene rings is 1. The third-order valence-electron chi connectivity index (χ3n) is 3.32. The van der Waals surface area contributed by atoms with E-state index in [1.807, 2.05) is 6.92 Å². The molecule has 0 saturated carbocycles. The summed E-state index contributed by atoms with van der Waals surface area (Å²) in [5.74, 6) is 0. The van der Waals surface area contributed by atoms with Crippen molar-refractivity contribution in [3.63, 3.8) is 0 Å². The number of anilines is 1. The number of hydrogen-bond acceptors (Lipinski definition) is 4. The predicted molar refractivity (Wildman–Crippen MR) is 82.3 cm³/mol. The Bertz CT molecular complexity index is 755. The lowest BCUT2D eigenvalue weighted by molar-refractivity contribution is 0.580. The molecule has 7 heteroatoms. The molecule has 0 unspecified atom stereocenters. The van der Waals surface area contributed by atoms with Crippen LogP contribution >= 0.6 is 0 Å². The first kappa shape index (κ1) is 15.5. The van der Waals surface area contributed by atoms with E-state index in [1.54, 1.807) is 43.9 Å². The molecule has 0 atom stereocenters. The topological polar surface area (TPSA) is 90.0 Å². The molecular formula is C14H20N4O2S. The van der Waals surface area contributed by atoms with Crippen molar-refractivity contribution in [3.05, 3.63) is 40.7 Å². The van der Waals surface area contributed by atoms with Crippen LogP contribution in [0.3, 0.4) is 0 Å². The lowest BCUT2D eigenvalue weighted by Crippen LogP contribution is -2.25. The molecule has 0 spiro atoms. The van der Waals surface area contributed by atoms with E-state index in [4.69, 9.17) is 5.73 Å². The maximum absolute atomic E-state index is 12.5. The van der Waals surface area contributed by atoms with Crippen molar-refractivity contribution in [3.8, 4) is 0 Å². The van der Waals surface area contributed by atoms with Crippen LogP contribution in [0.15, 0.2) is 23.2 Å². The highest BCUT2D eigenvalue weighted by Gasteiger charge is 2.20. The van der Waals surface area contributed by atoms with Crippen LogP contribution < -0.4 is 10.5 Å². The Balaban J connectivity index is 2.29. The number of aromatic nitrogens is 2. The smallest absolute Gasteiger partial charge is 0.241 e. The molecule has 1 aromatic heterocycles. The van der Waals surface area contributed by atoms with E-state index in [0.29, 0.717) is 21.7 Å². The SMILES string of the molecule is Cc1cc(N)cc(C)c1S(=O)(=O)NCc1cn(C)nc1C. The molecular weight excluding hydrogens is 288 g/mol. The molecule has 1 heterocycles. The molecule has 2 rings (SSSR count). The minimum absolute atomic E-state index is 0.214. The number of nitrogens with one attached hydrogen (secondary N) is 1. The van der Waals surface area contributed by atoms with Crippen molar-refractivity contribution in [1.82, 2.24) is 14.5 Å². The average Bonchev–Trinajstić information content (AvgIpc) is 2.63. The van der Waals surface area contributed by atoms with Crippen LogP contribution in [0.1, 0.15) is 22.4 Å². The summed E-state index contributed by atoms with van der Waals surface area (Å²) in [5, 5.41) is 4.20. The Morgan fingerprint density at radius 2 is 1.81 bits per heavy atom. The first-order valence-corrected chi connectivity index (χ1v) is 8.04. The average molecular weight is 308 g/mol. The quantitative estimate of drug-likeness (QED) is 0.836. The van der Waals surface area contributed by atoms with Gasteiger partial charge in [-0.05, 0) is 44.0 Å². The summed E-state index contributed by atoms with van der Waals surface area (Å²) in [5.41, 5.74) is 9.24. The van der Waals surface area contributed by atoms with Gasteiger partial charge in [0.25, 0.3) is 0 Å². The van der Waals surface area contributed by atoms with Gasteiger partial charge in [0.2, 0.25) is 10.0 Å². The third kappa shape index (κ3) is 3.25. The van der Waals surface area contributed by atoms with Crippen molar-refractivity contribution in [1.29, 1.82) is 0 Å². The van der Waals surface area contributed by atoms with Gasteiger partial charge in [0.05, 0.1) is 10.6 Å². The summed E-state index contributed by atoms with van der Waals surface area (Å²) in [6, 6.07) is 3.33. The number of nitrogen functional groups attached to an aromatic ring is 1. The van der Waals surface area contributed by atoms with Gasteiger partial charge in [0, 0.05) is 31.0 Å². The van der Waals surface area contributed by atoms with Gasteiger partial charge < -0.3 is 5.73 Å². The van der Waals surface area contributed by atoms with Crippen molar-refractivity contribution in [2.24, 2.45) is 7.05 Å². The molecule has 0 aliphatic heterocycles. The van der Waals surface area contributed by atoms with E-state index < -0.39 is 10.0 Å².